The summed E-state index contributed by atoms with van der Waals surface area (Å²) in [5.41, 5.74) is 5.31. The average Bonchev–Trinajstić information content (AvgIpc) is 3.60. The van der Waals surface area contributed by atoms with Gasteiger partial charge in [-0.3, -0.25) is 9.36 Å². The van der Waals surface area contributed by atoms with Gasteiger partial charge in [-0.25, -0.2) is 14.4 Å². The normalized spacial score (nSPS) is 23.1. The second-order valence-electron chi connectivity index (χ2n) is 10.3. The van der Waals surface area contributed by atoms with Gasteiger partial charge in [-0.05, 0) is 56.8 Å². The lowest BCUT2D eigenvalue weighted by atomic mass is 9.99. The van der Waals surface area contributed by atoms with E-state index in [-0.39, 0.29) is 29.0 Å². The van der Waals surface area contributed by atoms with E-state index < -0.39 is 28.8 Å². The molecule has 3 N–H and O–H groups in total. The number of nitrogens with one attached hydrogen (secondary N) is 1. The van der Waals surface area contributed by atoms with Crippen molar-refractivity contribution in [1.82, 2.24) is 34.8 Å². The number of fused-ring (bicyclic) bond motifs is 2. The molecule has 7 rings (SSSR count). The van der Waals surface area contributed by atoms with Crippen LogP contribution in [0.4, 0.5) is 23.4 Å². The Kier molecular flexibility index (Phi) is 4.59. The van der Waals surface area contributed by atoms with Crippen molar-refractivity contribution in [2.75, 3.05) is 18.8 Å². The molecule has 2 saturated carbocycles. The van der Waals surface area contributed by atoms with Gasteiger partial charge in [0.05, 0.1) is 28.4 Å². The number of pyridine rings is 2. The molecular weight excluding hydrogens is 488 g/mol. The van der Waals surface area contributed by atoms with Crippen LogP contribution in [0.1, 0.15) is 41.8 Å². The topological polar surface area (TPSA) is 99.5 Å². The molecule has 1 saturated heterocycles. The van der Waals surface area contributed by atoms with Crippen molar-refractivity contribution in [3.8, 4) is 22.6 Å². The molecule has 3 fully saturated rings. The lowest BCUT2D eigenvalue weighted by Crippen LogP contribution is -2.14. The van der Waals surface area contributed by atoms with Crippen molar-refractivity contribution in [2.24, 2.45) is 18.9 Å². The van der Waals surface area contributed by atoms with Gasteiger partial charge in [-0.2, -0.15) is 23.4 Å². The van der Waals surface area contributed by atoms with Gasteiger partial charge in [0.1, 0.15) is 28.4 Å². The molecule has 0 aromatic carbocycles. The summed E-state index contributed by atoms with van der Waals surface area (Å²) in [6.07, 6.45) is -1.39. The Balaban J connectivity index is 1.57. The third-order valence-corrected chi connectivity index (χ3v) is 7.83. The number of aryl methyl sites for hydroxylation is 2. The Hall–Kier alpha value is -3.54. The smallest absolute Gasteiger partial charge is 0.384 e. The first-order chi connectivity index (χ1) is 17.6. The summed E-state index contributed by atoms with van der Waals surface area (Å²) in [6, 6.07) is 2.78. The highest BCUT2D eigenvalue weighted by atomic mass is 19.4. The quantitative estimate of drug-likeness (QED) is 0.398. The molecule has 5 heterocycles. The number of rotatable bonds is 4. The standard InChI is InChI=1S/C25H24F4N8/c1-10-19(25(27,28)29)12(7-16(30)32-10)21-20(26)24-18(22(33-21)15-5-6-36(2)34-15)23(35-37(24)11-3-4-11)17-13-8-31-9-14(13)17/h5-7,11,13-14,17,31H,3-4,8-9H2,1-2H3,(H2,30,32)/t13-,14+,17?. The molecule has 1 aliphatic heterocycles. The van der Waals surface area contributed by atoms with Crippen LogP contribution in [0.5, 0.6) is 0 Å². The Morgan fingerprint density at radius 2 is 1.81 bits per heavy atom. The molecule has 0 bridgehead atoms. The fraction of sp³-hybridized carbons (Fsp3) is 0.440. The third-order valence-electron chi connectivity index (χ3n) is 7.83. The molecule has 0 amide bonds. The fourth-order valence-corrected chi connectivity index (χ4v) is 6.01. The monoisotopic (exact) mass is 512 g/mol. The summed E-state index contributed by atoms with van der Waals surface area (Å²) in [4.78, 5) is 8.36. The highest BCUT2D eigenvalue weighted by molar-refractivity contribution is 5.98. The molecule has 37 heavy (non-hydrogen) atoms. The van der Waals surface area contributed by atoms with Crippen LogP contribution in [0.2, 0.25) is 0 Å². The van der Waals surface area contributed by atoms with Crippen LogP contribution in [0.25, 0.3) is 33.5 Å². The van der Waals surface area contributed by atoms with Gasteiger partial charge in [-0.1, -0.05) is 0 Å². The first-order valence-corrected chi connectivity index (χ1v) is 12.3. The molecule has 4 aromatic rings. The lowest BCUT2D eigenvalue weighted by Gasteiger charge is -2.17. The Morgan fingerprint density at radius 3 is 2.43 bits per heavy atom. The third kappa shape index (κ3) is 3.38. The summed E-state index contributed by atoms with van der Waals surface area (Å²) < 4.78 is 62.4. The number of nitrogen functional groups attached to an aromatic ring is 1. The van der Waals surface area contributed by atoms with Gasteiger partial charge in [0.15, 0.2) is 5.82 Å². The minimum atomic E-state index is -4.78. The van der Waals surface area contributed by atoms with Crippen LogP contribution in [0.3, 0.4) is 0 Å². The second-order valence-corrected chi connectivity index (χ2v) is 10.3. The molecule has 3 aliphatic rings. The lowest BCUT2D eigenvalue weighted by molar-refractivity contribution is -0.137. The van der Waals surface area contributed by atoms with E-state index in [0.717, 1.165) is 37.7 Å². The Morgan fingerprint density at radius 1 is 1.08 bits per heavy atom. The molecule has 4 aromatic heterocycles. The van der Waals surface area contributed by atoms with E-state index in [1.54, 1.807) is 28.7 Å². The average molecular weight is 513 g/mol. The van der Waals surface area contributed by atoms with E-state index >= 15 is 4.39 Å². The summed E-state index contributed by atoms with van der Waals surface area (Å²) >= 11 is 0. The van der Waals surface area contributed by atoms with Crippen LogP contribution >= 0.6 is 0 Å². The van der Waals surface area contributed by atoms with Crippen LogP contribution in [-0.4, -0.2) is 42.6 Å². The van der Waals surface area contributed by atoms with Gasteiger partial charge in [0, 0.05) is 24.7 Å². The first kappa shape index (κ1) is 22.6. The summed E-state index contributed by atoms with van der Waals surface area (Å²) in [7, 11) is 1.74. The molecule has 8 nitrogen and oxygen atoms in total. The van der Waals surface area contributed by atoms with Crippen molar-refractivity contribution in [3.63, 3.8) is 0 Å². The molecule has 192 valence electrons. The van der Waals surface area contributed by atoms with Crippen molar-refractivity contribution in [1.29, 1.82) is 0 Å². The van der Waals surface area contributed by atoms with E-state index in [9.17, 15) is 13.2 Å². The maximum absolute atomic E-state index is 16.5. The van der Waals surface area contributed by atoms with E-state index in [0.29, 0.717) is 28.6 Å². The van der Waals surface area contributed by atoms with Gasteiger partial charge in [0.25, 0.3) is 0 Å². The number of alkyl halides is 3. The molecule has 2 aliphatic carbocycles. The minimum Gasteiger partial charge on any atom is -0.384 e. The highest BCUT2D eigenvalue weighted by Gasteiger charge is 2.56. The number of halogens is 4. The maximum Gasteiger partial charge on any atom is 0.418 e. The predicted octanol–water partition coefficient (Wildman–Crippen LogP) is 4.21. The van der Waals surface area contributed by atoms with Crippen LogP contribution in [-0.2, 0) is 13.2 Å². The predicted molar refractivity (Wildman–Crippen MR) is 128 cm³/mol. The van der Waals surface area contributed by atoms with Gasteiger partial charge < -0.3 is 11.1 Å². The van der Waals surface area contributed by atoms with Gasteiger partial charge in [-0.15, -0.1) is 0 Å². The summed E-state index contributed by atoms with van der Waals surface area (Å²) in [5.74, 6) is -0.00689. The zero-order valence-electron chi connectivity index (χ0n) is 20.1. The molecule has 12 heteroatoms. The SMILES string of the molecule is Cc1nc(N)cc(-c2nc(-c3ccn(C)n3)c3c(C4[C@H]5CNC[C@@H]45)nn(C4CC4)c3c2F)c1C(F)(F)F. The molecule has 3 atom stereocenters. The number of piperidine rings is 1. The maximum atomic E-state index is 16.5. The van der Waals surface area contributed by atoms with E-state index in [2.05, 4.69) is 20.4 Å². The number of anilines is 1. The second kappa shape index (κ2) is 7.50. The molecule has 0 spiro atoms. The van der Waals surface area contributed by atoms with Crippen molar-refractivity contribution < 1.29 is 17.6 Å². The largest absolute Gasteiger partial charge is 0.418 e. The van der Waals surface area contributed by atoms with Crippen LogP contribution in [0.15, 0.2) is 18.3 Å². The highest BCUT2D eigenvalue weighted by Crippen LogP contribution is 2.58. The van der Waals surface area contributed by atoms with E-state index in [1.807, 2.05) is 0 Å². The molecule has 1 unspecified atom stereocenters. The number of hydrogen-bond donors (Lipinski definition) is 2. The van der Waals surface area contributed by atoms with Crippen molar-refractivity contribution >= 4 is 16.7 Å². The zero-order chi connectivity index (χ0) is 25.8. The van der Waals surface area contributed by atoms with Gasteiger partial charge >= 0.3 is 6.18 Å². The van der Waals surface area contributed by atoms with E-state index in [1.165, 1.54) is 6.92 Å². The number of nitrogens with zero attached hydrogens (tertiary/aromatic N) is 6. The van der Waals surface area contributed by atoms with Crippen molar-refractivity contribution in [3.05, 3.63) is 41.1 Å². The van der Waals surface area contributed by atoms with Crippen LogP contribution in [0, 0.1) is 24.6 Å². The summed E-state index contributed by atoms with van der Waals surface area (Å²) in [5, 5.41) is 13.3. The molecular formula is C25H24F4N8. The zero-order valence-corrected chi connectivity index (χ0v) is 20.1. The first-order valence-electron chi connectivity index (χ1n) is 12.3. The number of nitrogens with two attached hydrogens (primary N) is 1. The summed E-state index contributed by atoms with van der Waals surface area (Å²) in [6.45, 7) is 2.94. The number of hydrogen-bond acceptors (Lipinski definition) is 6. The van der Waals surface area contributed by atoms with Crippen molar-refractivity contribution in [2.45, 2.75) is 37.9 Å². The van der Waals surface area contributed by atoms with Crippen LogP contribution < -0.4 is 11.1 Å². The molecule has 0 radical (unpaired) electrons. The minimum absolute atomic E-state index is 0.000584. The van der Waals surface area contributed by atoms with E-state index in [4.69, 9.17) is 10.8 Å². The fourth-order valence-electron chi connectivity index (χ4n) is 6.01. The Bertz CT molecular complexity index is 1570. The Labute approximate surface area is 208 Å². The van der Waals surface area contributed by atoms with Gasteiger partial charge in [0.2, 0.25) is 0 Å². The number of aromatic nitrogens is 6.